The zero-order valence-corrected chi connectivity index (χ0v) is 14.4. The van der Waals surface area contributed by atoms with Crippen LogP contribution < -0.4 is 10.1 Å². The Labute approximate surface area is 140 Å². The molecule has 0 fully saturated rings. The van der Waals surface area contributed by atoms with Gasteiger partial charge in [-0.25, -0.2) is 4.98 Å². The number of carbonyl (C=O) groups is 1. The van der Waals surface area contributed by atoms with E-state index in [1.807, 2.05) is 51.1 Å². The topological polar surface area (TPSA) is 71.5 Å². The van der Waals surface area contributed by atoms with Crippen molar-refractivity contribution in [1.82, 2.24) is 10.3 Å². The van der Waals surface area contributed by atoms with E-state index >= 15 is 0 Å². The van der Waals surface area contributed by atoms with Gasteiger partial charge >= 0.3 is 0 Å². The fraction of sp³-hybridized carbons (Fsp3) is 0.412. The van der Waals surface area contributed by atoms with Crippen LogP contribution >= 0.6 is 11.3 Å². The number of carbonyl (C=O) groups excluding carboxylic acids is 1. The number of aliphatic hydroxyl groups excluding tert-OH is 1. The minimum Gasteiger partial charge on any atom is -0.491 e. The number of ether oxygens (including phenoxy) is 1. The van der Waals surface area contributed by atoms with Gasteiger partial charge in [-0.3, -0.25) is 4.79 Å². The molecule has 0 saturated carbocycles. The van der Waals surface area contributed by atoms with Crippen molar-refractivity contribution in [3.63, 3.8) is 0 Å². The summed E-state index contributed by atoms with van der Waals surface area (Å²) < 4.78 is 5.45. The highest BCUT2D eigenvalue weighted by Gasteiger charge is 2.17. The van der Waals surface area contributed by atoms with Crippen molar-refractivity contribution in [2.45, 2.75) is 32.8 Å². The molecule has 23 heavy (non-hydrogen) atoms. The molecule has 124 valence electrons. The molecule has 2 aromatic rings. The average Bonchev–Trinajstić information content (AvgIpc) is 2.94. The van der Waals surface area contributed by atoms with Gasteiger partial charge in [-0.2, -0.15) is 0 Å². The van der Waals surface area contributed by atoms with E-state index in [-0.39, 0.29) is 19.1 Å². The molecule has 0 bridgehead atoms. The molecule has 0 aliphatic rings. The van der Waals surface area contributed by atoms with E-state index in [2.05, 4.69) is 10.3 Å². The standard InChI is InChI=1S/C17H22N2O3S/c1-11(2)17-19-12(3)15(23-17)16(21)18-9-13(20)10-22-14-7-5-4-6-8-14/h4-8,11,13,20H,9-10H2,1-3H3,(H,18,21)/t13-/m1/s1. The average molecular weight is 334 g/mol. The van der Waals surface area contributed by atoms with Gasteiger partial charge in [0.2, 0.25) is 0 Å². The molecule has 0 aliphatic carbocycles. The quantitative estimate of drug-likeness (QED) is 0.817. The first-order chi connectivity index (χ1) is 11.0. The van der Waals surface area contributed by atoms with Crippen molar-refractivity contribution in [2.75, 3.05) is 13.2 Å². The Bertz CT molecular complexity index is 641. The van der Waals surface area contributed by atoms with Crippen LogP contribution in [0, 0.1) is 6.92 Å². The maximum atomic E-state index is 12.2. The van der Waals surface area contributed by atoms with Gasteiger partial charge in [-0.1, -0.05) is 32.0 Å². The molecule has 0 spiro atoms. The Kier molecular flexibility index (Phi) is 6.12. The van der Waals surface area contributed by atoms with Crippen LogP contribution in [0.1, 0.15) is 40.1 Å². The summed E-state index contributed by atoms with van der Waals surface area (Å²) in [6.07, 6.45) is -0.767. The molecule has 5 nitrogen and oxygen atoms in total. The Morgan fingerprint density at radius 2 is 2.04 bits per heavy atom. The molecule has 0 unspecified atom stereocenters. The number of thiazole rings is 1. The predicted octanol–water partition coefficient (Wildman–Crippen LogP) is 2.74. The number of para-hydroxylation sites is 1. The van der Waals surface area contributed by atoms with Crippen LogP contribution in [-0.2, 0) is 0 Å². The van der Waals surface area contributed by atoms with Gasteiger partial charge in [0.15, 0.2) is 0 Å². The highest BCUT2D eigenvalue weighted by Crippen LogP contribution is 2.24. The summed E-state index contributed by atoms with van der Waals surface area (Å²) in [6.45, 7) is 6.19. The van der Waals surface area contributed by atoms with E-state index in [1.54, 1.807) is 0 Å². The van der Waals surface area contributed by atoms with E-state index in [0.717, 1.165) is 10.7 Å². The molecule has 2 rings (SSSR count). The molecule has 1 aromatic heterocycles. The molecule has 1 amide bonds. The second-order valence-corrected chi connectivity index (χ2v) is 6.64. The monoisotopic (exact) mass is 334 g/mol. The third-order valence-electron chi connectivity index (χ3n) is 3.20. The fourth-order valence-electron chi connectivity index (χ4n) is 1.93. The molecular formula is C17H22N2O3S. The SMILES string of the molecule is Cc1nc(C(C)C)sc1C(=O)NC[C@@H](O)COc1ccccc1. The zero-order valence-electron chi connectivity index (χ0n) is 13.6. The van der Waals surface area contributed by atoms with Crippen LogP contribution in [0.2, 0.25) is 0 Å². The van der Waals surface area contributed by atoms with E-state index < -0.39 is 6.10 Å². The second-order valence-electron chi connectivity index (χ2n) is 5.61. The molecule has 1 atom stereocenters. The van der Waals surface area contributed by atoms with Crippen LogP contribution in [0.15, 0.2) is 30.3 Å². The third-order valence-corrected chi connectivity index (χ3v) is 4.65. The smallest absolute Gasteiger partial charge is 0.263 e. The van der Waals surface area contributed by atoms with E-state index in [4.69, 9.17) is 4.74 Å². The maximum absolute atomic E-state index is 12.2. The number of nitrogens with one attached hydrogen (secondary N) is 1. The minimum absolute atomic E-state index is 0.128. The lowest BCUT2D eigenvalue weighted by Gasteiger charge is -2.13. The summed E-state index contributed by atoms with van der Waals surface area (Å²) in [5.74, 6) is 0.786. The van der Waals surface area contributed by atoms with Crippen LogP contribution in [0.5, 0.6) is 5.75 Å². The maximum Gasteiger partial charge on any atom is 0.263 e. The van der Waals surface area contributed by atoms with Crippen LogP contribution in [0.4, 0.5) is 0 Å². The van der Waals surface area contributed by atoms with Crippen LogP contribution in [0.25, 0.3) is 0 Å². The lowest BCUT2D eigenvalue weighted by molar-refractivity contribution is 0.0846. The summed E-state index contributed by atoms with van der Waals surface area (Å²) in [7, 11) is 0. The third kappa shape index (κ3) is 5.04. The predicted molar refractivity (Wildman–Crippen MR) is 91.2 cm³/mol. The summed E-state index contributed by atoms with van der Waals surface area (Å²) in [6, 6.07) is 9.26. The van der Waals surface area contributed by atoms with Gasteiger partial charge in [-0.15, -0.1) is 11.3 Å². The van der Waals surface area contributed by atoms with E-state index in [1.165, 1.54) is 11.3 Å². The Morgan fingerprint density at radius 3 is 2.65 bits per heavy atom. The number of hydrogen-bond acceptors (Lipinski definition) is 5. The molecule has 0 aliphatic heterocycles. The number of amides is 1. The highest BCUT2D eigenvalue weighted by molar-refractivity contribution is 7.13. The molecule has 6 heteroatoms. The summed E-state index contributed by atoms with van der Waals surface area (Å²) in [4.78, 5) is 17.2. The molecular weight excluding hydrogens is 312 g/mol. The molecule has 2 N–H and O–H groups in total. The second kappa shape index (κ2) is 8.08. The summed E-state index contributed by atoms with van der Waals surface area (Å²) in [5.41, 5.74) is 0.728. The van der Waals surface area contributed by atoms with Gasteiger partial charge in [-0.05, 0) is 19.1 Å². The van der Waals surface area contributed by atoms with E-state index in [0.29, 0.717) is 16.5 Å². The number of nitrogens with zero attached hydrogens (tertiary/aromatic N) is 1. The van der Waals surface area contributed by atoms with Crippen LogP contribution in [0.3, 0.4) is 0 Å². The van der Waals surface area contributed by atoms with Crippen LogP contribution in [-0.4, -0.2) is 35.3 Å². The molecule has 0 saturated heterocycles. The largest absolute Gasteiger partial charge is 0.491 e. The minimum atomic E-state index is -0.767. The Morgan fingerprint density at radius 1 is 1.35 bits per heavy atom. The highest BCUT2D eigenvalue weighted by atomic mass is 32.1. The van der Waals surface area contributed by atoms with Crippen molar-refractivity contribution in [2.24, 2.45) is 0 Å². The summed E-state index contributed by atoms with van der Waals surface area (Å²) >= 11 is 1.40. The number of rotatable bonds is 7. The first-order valence-corrected chi connectivity index (χ1v) is 8.40. The Balaban J connectivity index is 1.81. The number of hydrogen-bond donors (Lipinski definition) is 2. The fourth-order valence-corrected chi connectivity index (χ4v) is 2.92. The normalized spacial score (nSPS) is 12.2. The van der Waals surface area contributed by atoms with Gasteiger partial charge in [0.25, 0.3) is 5.91 Å². The molecule has 0 radical (unpaired) electrons. The first kappa shape index (κ1) is 17.4. The lowest BCUT2D eigenvalue weighted by atomic mass is 10.2. The molecule has 1 aromatic carbocycles. The summed E-state index contributed by atoms with van der Waals surface area (Å²) in [5, 5.41) is 13.6. The van der Waals surface area contributed by atoms with Gasteiger partial charge in [0, 0.05) is 12.5 Å². The van der Waals surface area contributed by atoms with E-state index in [9.17, 15) is 9.90 Å². The Hall–Kier alpha value is -1.92. The lowest BCUT2D eigenvalue weighted by Crippen LogP contribution is -2.35. The molecule has 1 heterocycles. The van der Waals surface area contributed by atoms with Crippen molar-refractivity contribution >= 4 is 17.2 Å². The van der Waals surface area contributed by atoms with Crippen molar-refractivity contribution in [1.29, 1.82) is 0 Å². The van der Waals surface area contributed by atoms with Gasteiger partial charge < -0.3 is 15.2 Å². The first-order valence-electron chi connectivity index (χ1n) is 7.58. The van der Waals surface area contributed by atoms with Crippen molar-refractivity contribution < 1.29 is 14.6 Å². The number of aryl methyl sites for hydroxylation is 1. The number of aliphatic hydroxyl groups is 1. The van der Waals surface area contributed by atoms with Crippen molar-refractivity contribution in [3.05, 3.63) is 45.9 Å². The van der Waals surface area contributed by atoms with Gasteiger partial charge in [0.05, 0.1) is 10.7 Å². The van der Waals surface area contributed by atoms with Gasteiger partial charge in [0.1, 0.15) is 23.3 Å². The number of aromatic nitrogens is 1. The number of benzene rings is 1. The zero-order chi connectivity index (χ0) is 16.8. The van der Waals surface area contributed by atoms with Crippen molar-refractivity contribution in [3.8, 4) is 5.75 Å².